The molecule has 11 atom stereocenters. The smallest absolute Gasteiger partial charge is 0.250 e. The number of aliphatic hydroxyl groups is 2. The minimum atomic E-state index is -3.49. The Kier molecular flexibility index (Phi) is 8.45. The Labute approximate surface area is 248 Å². The topological polar surface area (TPSA) is 86.6 Å². The van der Waals surface area contributed by atoms with Gasteiger partial charge >= 0.3 is 0 Å². The standard InChI is InChI=1S/C33H55NO4S2/c1-8-22-26-19-21(35)13-16-33(26,7)25-14-17-32(6)23(9-10-24(32)29(25)30(22)36)20(2)15-18-34-40(37,38)28-12-11-27(39-28)31(3,4)5/h11-12,20-26,29-30,34-36H,8-10,13-19H2,1-7H3/t20-,21-,22-,23-,24+,25+,26+,29+,30-,32-,33-/m1/s1. The van der Waals surface area contributed by atoms with Gasteiger partial charge in [-0.1, -0.05) is 54.9 Å². The average molecular weight is 594 g/mol. The summed E-state index contributed by atoms with van der Waals surface area (Å²) in [5.41, 5.74) is 0.368. The number of thiophene rings is 1. The molecule has 1 aromatic rings. The van der Waals surface area contributed by atoms with E-state index >= 15 is 0 Å². The van der Waals surface area contributed by atoms with Crippen LogP contribution in [0.2, 0.25) is 0 Å². The third-order valence-electron chi connectivity index (χ3n) is 12.6. The highest BCUT2D eigenvalue weighted by atomic mass is 32.2. The molecule has 4 fully saturated rings. The van der Waals surface area contributed by atoms with Crippen LogP contribution in [0.1, 0.15) is 111 Å². The molecule has 0 unspecified atom stereocenters. The summed E-state index contributed by atoms with van der Waals surface area (Å²) in [5.74, 6) is 3.13. The van der Waals surface area contributed by atoms with Crippen molar-refractivity contribution in [1.82, 2.24) is 4.72 Å². The van der Waals surface area contributed by atoms with E-state index in [-0.39, 0.29) is 34.4 Å². The molecule has 0 aromatic carbocycles. The minimum Gasteiger partial charge on any atom is -0.393 e. The lowest BCUT2D eigenvalue weighted by Gasteiger charge is -2.64. The number of nitrogens with one attached hydrogen (secondary N) is 1. The number of sulfonamides is 1. The molecule has 7 heteroatoms. The van der Waals surface area contributed by atoms with Crippen LogP contribution >= 0.6 is 11.3 Å². The molecule has 0 radical (unpaired) electrons. The van der Waals surface area contributed by atoms with Crippen LogP contribution in [0.15, 0.2) is 16.3 Å². The van der Waals surface area contributed by atoms with E-state index in [4.69, 9.17) is 0 Å². The molecule has 228 valence electrons. The molecular weight excluding hydrogens is 539 g/mol. The van der Waals surface area contributed by atoms with Crippen LogP contribution in [0.25, 0.3) is 0 Å². The number of hydrogen-bond acceptors (Lipinski definition) is 5. The molecule has 0 spiro atoms. The van der Waals surface area contributed by atoms with Gasteiger partial charge in [0.05, 0.1) is 12.2 Å². The van der Waals surface area contributed by atoms with Gasteiger partial charge in [-0.3, -0.25) is 0 Å². The SMILES string of the molecule is CC[C@H]1[C@@H](O)[C@@H]2[C@H](CC[C@]3(C)[C@@H]([C@H](C)CCNS(=O)(=O)c4ccc(C(C)(C)C)s4)CC[C@@H]23)[C@@]2(C)CC[C@@H](O)C[C@@H]12. The molecule has 5 rings (SSSR count). The van der Waals surface area contributed by atoms with Gasteiger partial charge in [0.25, 0.3) is 0 Å². The van der Waals surface area contributed by atoms with Crippen LogP contribution in [-0.4, -0.2) is 37.4 Å². The number of rotatable bonds is 7. The van der Waals surface area contributed by atoms with Crippen molar-refractivity contribution in [3.8, 4) is 0 Å². The van der Waals surface area contributed by atoms with Gasteiger partial charge in [-0.05, 0) is 121 Å². The molecule has 0 aliphatic heterocycles. The zero-order chi connectivity index (χ0) is 29.3. The monoisotopic (exact) mass is 593 g/mol. The zero-order valence-corrected chi connectivity index (χ0v) is 27.6. The third kappa shape index (κ3) is 5.16. The maximum Gasteiger partial charge on any atom is 0.250 e. The highest BCUT2D eigenvalue weighted by Gasteiger charge is 2.64. The first-order valence-corrected chi connectivity index (χ1v) is 18.4. The van der Waals surface area contributed by atoms with Crippen molar-refractivity contribution in [3.05, 3.63) is 17.0 Å². The molecule has 1 heterocycles. The normalized spacial score (nSPS) is 42.6. The van der Waals surface area contributed by atoms with Crippen LogP contribution in [0.4, 0.5) is 0 Å². The first kappa shape index (κ1) is 31.0. The largest absolute Gasteiger partial charge is 0.393 e. The van der Waals surface area contributed by atoms with Gasteiger partial charge < -0.3 is 10.2 Å². The summed E-state index contributed by atoms with van der Waals surface area (Å²) < 4.78 is 29.4. The first-order chi connectivity index (χ1) is 18.6. The van der Waals surface area contributed by atoms with Gasteiger partial charge in [0.1, 0.15) is 4.21 Å². The first-order valence-electron chi connectivity index (χ1n) is 16.1. The summed E-state index contributed by atoms with van der Waals surface area (Å²) >= 11 is 1.38. The van der Waals surface area contributed by atoms with Gasteiger partial charge in [-0.15, -0.1) is 11.3 Å². The quantitative estimate of drug-likeness (QED) is 0.318. The predicted molar refractivity (Wildman–Crippen MR) is 164 cm³/mol. The highest BCUT2D eigenvalue weighted by Crippen LogP contribution is 2.69. The Balaban J connectivity index is 1.27. The molecule has 1 aromatic heterocycles. The van der Waals surface area contributed by atoms with E-state index in [2.05, 4.69) is 53.2 Å². The van der Waals surface area contributed by atoms with Crippen molar-refractivity contribution in [2.75, 3.05) is 6.54 Å². The second kappa shape index (κ2) is 10.9. The third-order valence-corrected chi connectivity index (χ3v) is 16.1. The van der Waals surface area contributed by atoms with Crippen molar-refractivity contribution >= 4 is 21.4 Å². The van der Waals surface area contributed by atoms with Crippen molar-refractivity contribution in [3.63, 3.8) is 0 Å². The summed E-state index contributed by atoms with van der Waals surface area (Å²) in [4.78, 5) is 1.08. The minimum absolute atomic E-state index is 0.0555. The summed E-state index contributed by atoms with van der Waals surface area (Å²) in [6.45, 7) is 16.4. The molecule has 5 nitrogen and oxygen atoms in total. The molecule has 4 aliphatic carbocycles. The fourth-order valence-corrected chi connectivity index (χ4v) is 12.9. The molecular formula is C33H55NO4S2. The molecule has 4 aliphatic rings. The van der Waals surface area contributed by atoms with Crippen molar-refractivity contribution in [2.24, 2.45) is 52.3 Å². The van der Waals surface area contributed by atoms with Crippen molar-refractivity contribution in [1.29, 1.82) is 0 Å². The maximum absolute atomic E-state index is 13.0. The predicted octanol–water partition coefficient (Wildman–Crippen LogP) is 6.98. The molecule has 0 saturated heterocycles. The number of hydrogen-bond donors (Lipinski definition) is 3. The summed E-state index contributed by atoms with van der Waals surface area (Å²) in [5, 5.41) is 22.5. The van der Waals surface area contributed by atoms with E-state index in [1.807, 2.05) is 6.07 Å². The van der Waals surface area contributed by atoms with Crippen LogP contribution < -0.4 is 4.72 Å². The molecule has 0 bridgehead atoms. The Bertz CT molecular complexity index is 1160. The van der Waals surface area contributed by atoms with Gasteiger partial charge in [0, 0.05) is 11.4 Å². The van der Waals surface area contributed by atoms with Gasteiger partial charge in [-0.25, -0.2) is 13.1 Å². The lowest BCUT2D eigenvalue weighted by atomic mass is 9.41. The second-order valence-corrected chi connectivity index (χ2v) is 18.7. The lowest BCUT2D eigenvalue weighted by Crippen LogP contribution is -2.62. The zero-order valence-electron chi connectivity index (χ0n) is 25.9. The molecule has 3 N–H and O–H groups in total. The molecule has 40 heavy (non-hydrogen) atoms. The maximum atomic E-state index is 13.0. The summed E-state index contributed by atoms with van der Waals surface area (Å²) in [6.07, 6.45) is 8.95. The van der Waals surface area contributed by atoms with Crippen LogP contribution in [-0.2, 0) is 15.4 Å². The summed E-state index contributed by atoms with van der Waals surface area (Å²) in [6, 6.07) is 3.69. The average Bonchev–Trinajstić information content (AvgIpc) is 3.51. The lowest BCUT2D eigenvalue weighted by molar-refractivity contribution is -0.203. The fraction of sp³-hybridized carbons (Fsp3) is 0.879. The number of aliphatic hydroxyl groups excluding tert-OH is 2. The van der Waals surface area contributed by atoms with E-state index < -0.39 is 10.0 Å². The Hall–Kier alpha value is -0.470. The van der Waals surface area contributed by atoms with E-state index in [1.165, 1.54) is 37.0 Å². The van der Waals surface area contributed by atoms with Crippen molar-refractivity contribution in [2.45, 2.75) is 128 Å². The van der Waals surface area contributed by atoms with E-state index in [0.717, 1.165) is 37.0 Å². The second-order valence-electron chi connectivity index (χ2n) is 15.7. The van der Waals surface area contributed by atoms with Crippen LogP contribution in [0.5, 0.6) is 0 Å². The molecule has 4 saturated carbocycles. The Morgan fingerprint density at radius 3 is 2.35 bits per heavy atom. The van der Waals surface area contributed by atoms with Crippen LogP contribution in [0.3, 0.4) is 0 Å². The Morgan fingerprint density at radius 2 is 1.70 bits per heavy atom. The van der Waals surface area contributed by atoms with Crippen LogP contribution in [0, 0.1) is 52.3 Å². The Morgan fingerprint density at radius 1 is 1.02 bits per heavy atom. The van der Waals surface area contributed by atoms with E-state index in [1.54, 1.807) is 6.07 Å². The van der Waals surface area contributed by atoms with E-state index in [9.17, 15) is 18.6 Å². The number of fused-ring (bicyclic) bond motifs is 5. The van der Waals surface area contributed by atoms with Gasteiger partial charge in [0.2, 0.25) is 10.0 Å². The van der Waals surface area contributed by atoms with Crippen molar-refractivity contribution < 1.29 is 18.6 Å². The van der Waals surface area contributed by atoms with Gasteiger partial charge in [0.15, 0.2) is 0 Å². The molecule has 0 amide bonds. The van der Waals surface area contributed by atoms with E-state index in [0.29, 0.717) is 46.3 Å². The van der Waals surface area contributed by atoms with Gasteiger partial charge in [-0.2, -0.15) is 0 Å². The summed E-state index contributed by atoms with van der Waals surface area (Å²) in [7, 11) is -3.49. The fourth-order valence-electron chi connectivity index (χ4n) is 10.5. The highest BCUT2D eigenvalue weighted by molar-refractivity contribution is 7.91.